The molecule has 4 rings (SSSR count). The van der Waals surface area contributed by atoms with Crippen molar-refractivity contribution in [2.45, 2.75) is 44.4 Å². The molecule has 0 spiro atoms. The van der Waals surface area contributed by atoms with Gasteiger partial charge in [0.15, 0.2) is 5.82 Å². The van der Waals surface area contributed by atoms with E-state index < -0.39 is 0 Å². The summed E-state index contributed by atoms with van der Waals surface area (Å²) in [5, 5.41) is 4.19. The van der Waals surface area contributed by atoms with Gasteiger partial charge in [-0.3, -0.25) is 4.79 Å². The number of ether oxygens (including phenoxy) is 1. The second kappa shape index (κ2) is 8.65. The maximum atomic E-state index is 12.5. The van der Waals surface area contributed by atoms with Crippen molar-refractivity contribution in [1.82, 2.24) is 15.0 Å². The first-order chi connectivity index (χ1) is 13.3. The number of amides is 1. The molecule has 0 unspecified atom stereocenters. The number of likely N-dealkylation sites (tertiary alicyclic amines) is 1. The highest BCUT2D eigenvalue weighted by molar-refractivity contribution is 5.78. The topological polar surface area (TPSA) is 68.5 Å². The van der Waals surface area contributed by atoms with E-state index in [2.05, 4.69) is 10.1 Å². The lowest BCUT2D eigenvalue weighted by Gasteiger charge is -2.31. The number of piperidine rings is 1. The Hall–Kier alpha value is -2.21. The summed E-state index contributed by atoms with van der Waals surface area (Å²) in [6.07, 6.45) is 5.24. The van der Waals surface area contributed by atoms with Crippen LogP contribution in [0.4, 0.5) is 0 Å². The van der Waals surface area contributed by atoms with Crippen LogP contribution in [-0.2, 0) is 22.4 Å². The maximum absolute atomic E-state index is 12.5. The second-order valence-electron chi connectivity index (χ2n) is 7.62. The number of carbonyl (C=O) groups excluding carboxylic acids is 1. The van der Waals surface area contributed by atoms with Gasteiger partial charge in [0.2, 0.25) is 11.8 Å². The molecule has 0 saturated carbocycles. The average molecular weight is 369 g/mol. The number of hydrogen-bond acceptors (Lipinski definition) is 5. The van der Waals surface area contributed by atoms with Crippen molar-refractivity contribution >= 4 is 5.91 Å². The van der Waals surface area contributed by atoms with Gasteiger partial charge in [0, 0.05) is 38.6 Å². The lowest BCUT2D eigenvalue weighted by molar-refractivity contribution is -0.131. The van der Waals surface area contributed by atoms with E-state index in [1.165, 1.54) is 0 Å². The van der Waals surface area contributed by atoms with Gasteiger partial charge >= 0.3 is 0 Å². The summed E-state index contributed by atoms with van der Waals surface area (Å²) < 4.78 is 10.9. The van der Waals surface area contributed by atoms with Gasteiger partial charge in [-0.25, -0.2) is 0 Å². The Labute approximate surface area is 159 Å². The minimum atomic E-state index is 0.222. The molecule has 0 N–H and O–H groups in total. The van der Waals surface area contributed by atoms with Crippen LogP contribution in [0.2, 0.25) is 0 Å². The average Bonchev–Trinajstić information content (AvgIpc) is 3.18. The third-order valence-electron chi connectivity index (χ3n) is 5.70. The molecule has 0 radical (unpaired) electrons. The predicted octanol–water partition coefficient (Wildman–Crippen LogP) is 2.99. The van der Waals surface area contributed by atoms with Gasteiger partial charge in [0.05, 0.1) is 6.42 Å². The third kappa shape index (κ3) is 4.75. The van der Waals surface area contributed by atoms with E-state index in [0.29, 0.717) is 18.3 Å². The number of carbonyl (C=O) groups is 1. The summed E-state index contributed by atoms with van der Waals surface area (Å²) in [6, 6.07) is 9.96. The van der Waals surface area contributed by atoms with E-state index in [0.717, 1.165) is 75.7 Å². The van der Waals surface area contributed by atoms with Crippen LogP contribution in [0.1, 0.15) is 48.9 Å². The molecule has 0 bridgehead atoms. The Morgan fingerprint density at radius 2 is 1.81 bits per heavy atom. The van der Waals surface area contributed by atoms with Gasteiger partial charge in [-0.15, -0.1) is 0 Å². The minimum Gasteiger partial charge on any atom is -0.381 e. The summed E-state index contributed by atoms with van der Waals surface area (Å²) in [5.74, 6) is 2.68. The van der Waals surface area contributed by atoms with Crippen molar-refractivity contribution in [3.63, 3.8) is 0 Å². The van der Waals surface area contributed by atoms with Gasteiger partial charge in [0.25, 0.3) is 0 Å². The number of aromatic nitrogens is 2. The molecule has 2 aliphatic heterocycles. The summed E-state index contributed by atoms with van der Waals surface area (Å²) in [6.45, 7) is 3.20. The Kier molecular flexibility index (Phi) is 5.82. The largest absolute Gasteiger partial charge is 0.381 e. The monoisotopic (exact) mass is 369 g/mol. The zero-order valence-corrected chi connectivity index (χ0v) is 15.7. The normalized spacial score (nSPS) is 19.3. The third-order valence-corrected chi connectivity index (χ3v) is 5.70. The number of benzene rings is 1. The summed E-state index contributed by atoms with van der Waals surface area (Å²) in [5.41, 5.74) is 1.08. The van der Waals surface area contributed by atoms with Crippen molar-refractivity contribution in [3.8, 4) is 0 Å². The molecule has 1 aromatic carbocycles. The second-order valence-corrected chi connectivity index (χ2v) is 7.62. The van der Waals surface area contributed by atoms with E-state index in [4.69, 9.17) is 9.26 Å². The molecule has 1 amide bonds. The Bertz CT molecular complexity index is 732. The fraction of sp³-hybridized carbons (Fsp3) is 0.571. The highest BCUT2D eigenvalue weighted by Gasteiger charge is 2.26. The molecule has 2 fully saturated rings. The van der Waals surface area contributed by atoms with Crippen molar-refractivity contribution in [2.75, 3.05) is 26.3 Å². The number of rotatable bonds is 5. The smallest absolute Gasteiger partial charge is 0.226 e. The van der Waals surface area contributed by atoms with Crippen molar-refractivity contribution < 1.29 is 14.1 Å². The summed E-state index contributed by atoms with van der Waals surface area (Å²) >= 11 is 0. The molecular formula is C21H27N3O3. The number of nitrogens with zero attached hydrogens (tertiary/aromatic N) is 3. The standard InChI is InChI=1S/C21H27N3O3/c25-20(15-16-4-2-1-3-5-16)24-10-6-17(7-11-24)14-19-22-21(23-27-19)18-8-12-26-13-9-18/h1-5,17-18H,6-15H2. The van der Waals surface area contributed by atoms with Crippen LogP contribution in [0.25, 0.3) is 0 Å². The lowest BCUT2D eigenvalue weighted by Crippen LogP contribution is -2.39. The first-order valence-corrected chi connectivity index (χ1v) is 10.00. The van der Waals surface area contributed by atoms with Crippen molar-refractivity contribution in [1.29, 1.82) is 0 Å². The summed E-state index contributed by atoms with van der Waals surface area (Å²) in [7, 11) is 0. The molecule has 2 aliphatic rings. The van der Waals surface area contributed by atoms with Crippen LogP contribution < -0.4 is 0 Å². The fourth-order valence-corrected chi connectivity index (χ4v) is 3.99. The van der Waals surface area contributed by atoms with E-state index in [1.807, 2.05) is 35.2 Å². The van der Waals surface area contributed by atoms with Gasteiger partial charge in [-0.1, -0.05) is 35.5 Å². The molecule has 6 heteroatoms. The molecule has 27 heavy (non-hydrogen) atoms. The SMILES string of the molecule is O=C(Cc1ccccc1)N1CCC(Cc2nc(C3CCOCC3)no2)CC1. The van der Waals surface area contributed by atoms with Crippen LogP contribution in [0.3, 0.4) is 0 Å². The van der Waals surface area contributed by atoms with Gasteiger partial charge in [0.1, 0.15) is 0 Å². The van der Waals surface area contributed by atoms with Crippen molar-refractivity contribution in [3.05, 3.63) is 47.6 Å². The van der Waals surface area contributed by atoms with Crippen LogP contribution in [0, 0.1) is 5.92 Å². The van der Waals surface area contributed by atoms with Crippen molar-refractivity contribution in [2.24, 2.45) is 5.92 Å². The predicted molar refractivity (Wildman–Crippen MR) is 100 cm³/mol. The lowest BCUT2D eigenvalue weighted by atomic mass is 9.93. The molecule has 0 aliphatic carbocycles. The quantitative estimate of drug-likeness (QED) is 0.810. The van der Waals surface area contributed by atoms with E-state index in [-0.39, 0.29) is 5.91 Å². The maximum Gasteiger partial charge on any atom is 0.226 e. The van der Waals surface area contributed by atoms with E-state index in [1.54, 1.807) is 0 Å². The van der Waals surface area contributed by atoms with E-state index in [9.17, 15) is 4.79 Å². The van der Waals surface area contributed by atoms with E-state index >= 15 is 0 Å². The zero-order chi connectivity index (χ0) is 18.5. The Balaban J connectivity index is 1.25. The highest BCUT2D eigenvalue weighted by Crippen LogP contribution is 2.26. The molecular weight excluding hydrogens is 342 g/mol. The Morgan fingerprint density at radius 3 is 2.56 bits per heavy atom. The van der Waals surface area contributed by atoms with Crippen LogP contribution in [0.15, 0.2) is 34.9 Å². The Morgan fingerprint density at radius 1 is 1.07 bits per heavy atom. The first-order valence-electron chi connectivity index (χ1n) is 10.00. The fourth-order valence-electron chi connectivity index (χ4n) is 3.99. The molecule has 3 heterocycles. The summed E-state index contributed by atoms with van der Waals surface area (Å²) in [4.78, 5) is 19.1. The minimum absolute atomic E-state index is 0.222. The zero-order valence-electron chi connectivity index (χ0n) is 15.7. The molecule has 144 valence electrons. The molecule has 2 aromatic rings. The number of hydrogen-bond donors (Lipinski definition) is 0. The molecule has 0 atom stereocenters. The molecule has 6 nitrogen and oxygen atoms in total. The van der Waals surface area contributed by atoms with Gasteiger partial charge < -0.3 is 14.2 Å². The highest BCUT2D eigenvalue weighted by atomic mass is 16.5. The van der Waals surface area contributed by atoms with Crippen LogP contribution in [-0.4, -0.2) is 47.3 Å². The van der Waals surface area contributed by atoms with Crippen LogP contribution >= 0.6 is 0 Å². The molecule has 1 aromatic heterocycles. The molecule has 2 saturated heterocycles. The van der Waals surface area contributed by atoms with Gasteiger partial charge in [-0.05, 0) is 37.2 Å². The van der Waals surface area contributed by atoms with Crippen LogP contribution in [0.5, 0.6) is 0 Å². The van der Waals surface area contributed by atoms with Gasteiger partial charge in [-0.2, -0.15) is 4.98 Å². The first kappa shape index (κ1) is 18.2.